The zero-order valence-electron chi connectivity index (χ0n) is 10.9. The maximum absolute atomic E-state index is 13.8. The molecule has 0 aliphatic rings. The van der Waals surface area contributed by atoms with Crippen LogP contribution in [0.4, 0.5) is 14.5 Å². The van der Waals surface area contributed by atoms with Crippen LogP contribution in [0.25, 0.3) is 0 Å². The summed E-state index contributed by atoms with van der Waals surface area (Å²) in [4.78, 5) is 12.4. The van der Waals surface area contributed by atoms with Crippen molar-refractivity contribution in [2.45, 2.75) is 13.8 Å². The van der Waals surface area contributed by atoms with E-state index in [0.29, 0.717) is 17.2 Å². The average molecular weight is 340 g/mol. The first kappa shape index (κ1) is 14.7. The molecule has 2 aromatic carbocycles. The van der Waals surface area contributed by atoms with Gasteiger partial charge in [-0.15, -0.1) is 0 Å². The fourth-order valence-electron chi connectivity index (χ4n) is 1.91. The van der Waals surface area contributed by atoms with Gasteiger partial charge in [-0.1, -0.05) is 15.9 Å². The first-order chi connectivity index (χ1) is 9.31. The second kappa shape index (κ2) is 5.32. The zero-order valence-corrected chi connectivity index (χ0v) is 12.5. The SMILES string of the molecule is Cc1cc(C(=O)c2cc(N)c(F)cc2F)c(C)cc1Br. The maximum atomic E-state index is 13.8. The van der Waals surface area contributed by atoms with Gasteiger partial charge in [0.05, 0.1) is 11.3 Å². The fourth-order valence-corrected chi connectivity index (χ4v) is 2.37. The van der Waals surface area contributed by atoms with Gasteiger partial charge in [0.25, 0.3) is 0 Å². The van der Waals surface area contributed by atoms with Crippen LogP contribution in [0.2, 0.25) is 0 Å². The molecule has 0 radical (unpaired) electrons. The van der Waals surface area contributed by atoms with Crippen LogP contribution < -0.4 is 5.73 Å². The van der Waals surface area contributed by atoms with Crippen molar-refractivity contribution < 1.29 is 13.6 Å². The standard InChI is InChI=1S/C15H12BrF2NO/c1-7-4-11(16)8(2)3-9(7)15(20)10-5-14(19)13(18)6-12(10)17/h3-6H,19H2,1-2H3. The monoisotopic (exact) mass is 339 g/mol. The van der Waals surface area contributed by atoms with Gasteiger partial charge in [0.15, 0.2) is 5.78 Å². The van der Waals surface area contributed by atoms with E-state index in [2.05, 4.69) is 15.9 Å². The number of benzene rings is 2. The molecule has 0 spiro atoms. The Balaban J connectivity index is 2.57. The summed E-state index contributed by atoms with van der Waals surface area (Å²) in [6.45, 7) is 3.58. The maximum Gasteiger partial charge on any atom is 0.196 e. The molecule has 0 heterocycles. The lowest BCUT2D eigenvalue weighted by molar-refractivity contribution is 0.103. The van der Waals surface area contributed by atoms with Crippen molar-refractivity contribution in [3.05, 3.63) is 62.6 Å². The van der Waals surface area contributed by atoms with Crippen LogP contribution in [0.1, 0.15) is 27.0 Å². The van der Waals surface area contributed by atoms with Crippen molar-refractivity contribution in [2.75, 3.05) is 5.73 Å². The number of anilines is 1. The number of halogens is 3. The Morgan fingerprint density at radius 3 is 2.30 bits per heavy atom. The van der Waals surface area contributed by atoms with Gasteiger partial charge >= 0.3 is 0 Å². The molecule has 2 N–H and O–H groups in total. The fraction of sp³-hybridized carbons (Fsp3) is 0.133. The Bertz CT molecular complexity index is 654. The number of aryl methyl sites for hydroxylation is 2. The van der Waals surface area contributed by atoms with Crippen molar-refractivity contribution in [1.29, 1.82) is 0 Å². The third kappa shape index (κ3) is 2.58. The Morgan fingerprint density at radius 1 is 1.00 bits per heavy atom. The summed E-state index contributed by atoms with van der Waals surface area (Å²) in [5.74, 6) is -2.30. The van der Waals surface area contributed by atoms with Gasteiger partial charge in [-0.3, -0.25) is 4.79 Å². The summed E-state index contributed by atoms with van der Waals surface area (Å²) >= 11 is 3.37. The lowest BCUT2D eigenvalue weighted by Gasteiger charge is -2.10. The molecule has 0 unspecified atom stereocenters. The van der Waals surface area contributed by atoms with Crippen molar-refractivity contribution in [1.82, 2.24) is 0 Å². The molecule has 0 fully saturated rings. The minimum Gasteiger partial charge on any atom is -0.396 e. The molecule has 0 amide bonds. The van der Waals surface area contributed by atoms with Crippen LogP contribution in [-0.2, 0) is 0 Å². The van der Waals surface area contributed by atoms with Gasteiger partial charge in [0, 0.05) is 16.1 Å². The molecule has 5 heteroatoms. The Morgan fingerprint density at radius 2 is 1.65 bits per heavy atom. The average Bonchev–Trinajstić information content (AvgIpc) is 2.37. The molecule has 104 valence electrons. The lowest BCUT2D eigenvalue weighted by Crippen LogP contribution is -2.09. The van der Waals surface area contributed by atoms with Crippen molar-refractivity contribution in [3.63, 3.8) is 0 Å². The molecule has 0 saturated carbocycles. The minimum absolute atomic E-state index is 0.228. The van der Waals surface area contributed by atoms with Gasteiger partial charge in [-0.25, -0.2) is 8.78 Å². The Hall–Kier alpha value is -1.75. The number of hydrogen-bond donors (Lipinski definition) is 1. The summed E-state index contributed by atoms with van der Waals surface area (Å²) in [6.07, 6.45) is 0. The number of hydrogen-bond acceptors (Lipinski definition) is 2. The summed E-state index contributed by atoms with van der Waals surface area (Å²) < 4.78 is 27.8. The summed E-state index contributed by atoms with van der Waals surface area (Å²) in [5, 5.41) is 0. The third-order valence-electron chi connectivity index (χ3n) is 3.08. The van der Waals surface area contributed by atoms with E-state index in [-0.39, 0.29) is 11.3 Å². The van der Waals surface area contributed by atoms with E-state index >= 15 is 0 Å². The van der Waals surface area contributed by atoms with E-state index in [0.717, 1.165) is 16.1 Å². The van der Waals surface area contributed by atoms with Crippen LogP contribution in [0.3, 0.4) is 0 Å². The molecule has 2 aromatic rings. The molecule has 0 aliphatic heterocycles. The van der Waals surface area contributed by atoms with E-state index in [1.807, 2.05) is 6.92 Å². The predicted octanol–water partition coefficient (Wildman–Crippen LogP) is 4.16. The van der Waals surface area contributed by atoms with Crippen LogP contribution in [0, 0.1) is 25.5 Å². The van der Waals surface area contributed by atoms with Crippen LogP contribution >= 0.6 is 15.9 Å². The molecule has 0 aromatic heterocycles. The highest BCUT2D eigenvalue weighted by molar-refractivity contribution is 9.10. The van der Waals surface area contributed by atoms with Gasteiger partial charge in [0.2, 0.25) is 0 Å². The van der Waals surface area contributed by atoms with Crippen LogP contribution in [-0.4, -0.2) is 5.78 Å². The molecule has 2 nitrogen and oxygen atoms in total. The van der Waals surface area contributed by atoms with E-state index in [9.17, 15) is 13.6 Å². The van der Waals surface area contributed by atoms with E-state index in [1.165, 1.54) is 0 Å². The molecule has 0 saturated heterocycles. The van der Waals surface area contributed by atoms with Gasteiger partial charge < -0.3 is 5.73 Å². The van der Waals surface area contributed by atoms with E-state index in [1.54, 1.807) is 19.1 Å². The lowest BCUT2D eigenvalue weighted by atomic mass is 9.96. The largest absolute Gasteiger partial charge is 0.396 e. The molecule has 2 rings (SSSR count). The number of nitrogens with two attached hydrogens (primary N) is 1. The zero-order chi connectivity index (χ0) is 15.0. The molecule has 0 atom stereocenters. The molecular weight excluding hydrogens is 328 g/mol. The van der Waals surface area contributed by atoms with Crippen molar-refractivity contribution in [3.8, 4) is 0 Å². The normalized spacial score (nSPS) is 10.7. The quantitative estimate of drug-likeness (QED) is 0.659. The molecule has 20 heavy (non-hydrogen) atoms. The number of nitrogen functional groups attached to an aromatic ring is 1. The van der Waals surface area contributed by atoms with Gasteiger partial charge in [0.1, 0.15) is 11.6 Å². The first-order valence-corrected chi connectivity index (χ1v) is 6.66. The molecule has 0 bridgehead atoms. The van der Waals surface area contributed by atoms with Crippen molar-refractivity contribution >= 4 is 27.4 Å². The third-order valence-corrected chi connectivity index (χ3v) is 3.94. The van der Waals surface area contributed by atoms with E-state index < -0.39 is 17.4 Å². The highest BCUT2D eigenvalue weighted by atomic mass is 79.9. The Labute approximate surface area is 123 Å². The number of rotatable bonds is 2. The number of carbonyl (C=O) groups is 1. The van der Waals surface area contributed by atoms with Crippen molar-refractivity contribution in [2.24, 2.45) is 0 Å². The highest BCUT2D eigenvalue weighted by Crippen LogP contribution is 2.25. The van der Waals surface area contributed by atoms with Crippen LogP contribution in [0.15, 0.2) is 28.7 Å². The summed E-state index contributed by atoms with van der Waals surface area (Å²) in [6, 6.07) is 5.11. The van der Waals surface area contributed by atoms with Gasteiger partial charge in [-0.05, 0) is 43.2 Å². The molecule has 0 aliphatic carbocycles. The highest BCUT2D eigenvalue weighted by Gasteiger charge is 2.19. The topological polar surface area (TPSA) is 43.1 Å². The van der Waals surface area contributed by atoms with E-state index in [4.69, 9.17) is 5.73 Å². The summed E-state index contributed by atoms with van der Waals surface area (Å²) in [5.41, 5.74) is 6.85. The summed E-state index contributed by atoms with van der Waals surface area (Å²) in [7, 11) is 0. The predicted molar refractivity (Wildman–Crippen MR) is 77.8 cm³/mol. The Kier molecular flexibility index (Phi) is 3.90. The first-order valence-electron chi connectivity index (χ1n) is 5.87. The van der Waals surface area contributed by atoms with Crippen LogP contribution in [0.5, 0.6) is 0 Å². The van der Waals surface area contributed by atoms with Gasteiger partial charge in [-0.2, -0.15) is 0 Å². The second-order valence-corrected chi connectivity index (χ2v) is 5.45. The number of ketones is 1. The number of carbonyl (C=O) groups excluding carboxylic acids is 1. The molecular formula is C15H12BrF2NO. The smallest absolute Gasteiger partial charge is 0.196 e. The second-order valence-electron chi connectivity index (χ2n) is 4.60. The minimum atomic E-state index is -0.915.